The Morgan fingerprint density at radius 2 is 2.00 bits per heavy atom. The van der Waals surface area contributed by atoms with Gasteiger partial charge in [0.2, 0.25) is 0 Å². The molecule has 1 aromatic carbocycles. The summed E-state index contributed by atoms with van der Waals surface area (Å²) >= 11 is 0.869. The molecule has 1 aromatic heterocycles. The third kappa shape index (κ3) is 8.08. The van der Waals surface area contributed by atoms with Crippen molar-refractivity contribution in [2.75, 3.05) is 13.7 Å². The first-order chi connectivity index (χ1) is 13.7. The molecule has 2 rings (SSSR count). The Balaban J connectivity index is 0.00000450. The van der Waals surface area contributed by atoms with Crippen LogP contribution < -0.4 is 20.1 Å². The van der Waals surface area contributed by atoms with Gasteiger partial charge in [-0.15, -0.1) is 35.3 Å². The van der Waals surface area contributed by atoms with E-state index < -0.39 is 18.5 Å². The van der Waals surface area contributed by atoms with Crippen LogP contribution in [0.25, 0.3) is 0 Å². The Bertz CT molecular complexity index is 833. The minimum absolute atomic E-state index is 0. The van der Waals surface area contributed by atoms with Gasteiger partial charge >= 0.3 is 12.8 Å². The molecular weight excluding hydrogens is 546 g/mol. The van der Waals surface area contributed by atoms with Gasteiger partial charge in [-0.3, -0.25) is 0 Å². The van der Waals surface area contributed by atoms with Gasteiger partial charge in [-0.05, 0) is 25.1 Å². The number of hydrogen-bond acceptors (Lipinski definition) is 5. The topological polar surface area (TPSA) is 67.8 Å². The van der Waals surface area contributed by atoms with E-state index in [9.17, 15) is 22.0 Å². The summed E-state index contributed by atoms with van der Waals surface area (Å²) in [5, 5.41) is 6.95. The number of alkyl halides is 5. The molecule has 0 amide bonds. The lowest BCUT2D eigenvalue weighted by Gasteiger charge is -2.13. The molecule has 0 aliphatic rings. The van der Waals surface area contributed by atoms with Crippen molar-refractivity contribution in [2.45, 2.75) is 32.8 Å². The van der Waals surface area contributed by atoms with Crippen molar-refractivity contribution in [1.82, 2.24) is 15.6 Å². The molecule has 0 radical (unpaired) electrons. The van der Waals surface area contributed by atoms with Gasteiger partial charge in [-0.25, -0.2) is 9.98 Å². The first-order valence-electron chi connectivity index (χ1n) is 8.38. The standard InChI is InChI=1S/C17H19F5N4O2S.HI/c1-3-23-16(25-8-14-26-13(9-29-14)17(20,21)22)24-7-10-6-11(27-2)4-5-12(10)28-15(18)19;/h4-6,9,15H,3,7-8H2,1-2H3,(H2,23,24,25);1H. The lowest BCUT2D eigenvalue weighted by atomic mass is 10.2. The molecule has 0 atom stereocenters. The number of thiazole rings is 1. The van der Waals surface area contributed by atoms with E-state index in [4.69, 9.17) is 4.74 Å². The number of aliphatic imine (C=N–C) groups is 1. The van der Waals surface area contributed by atoms with Gasteiger partial charge in [0.15, 0.2) is 11.7 Å². The van der Waals surface area contributed by atoms with Crippen LogP contribution in [0, 0.1) is 0 Å². The van der Waals surface area contributed by atoms with E-state index >= 15 is 0 Å². The summed E-state index contributed by atoms with van der Waals surface area (Å²) in [6, 6.07) is 4.35. The molecular formula is C17H20F5IN4O2S. The third-order valence-electron chi connectivity index (χ3n) is 3.48. The fourth-order valence-corrected chi connectivity index (χ4v) is 2.95. The van der Waals surface area contributed by atoms with Crippen molar-refractivity contribution >= 4 is 41.3 Å². The monoisotopic (exact) mass is 566 g/mol. The summed E-state index contributed by atoms with van der Waals surface area (Å²) in [6.07, 6.45) is -4.50. The Morgan fingerprint density at radius 1 is 1.27 bits per heavy atom. The van der Waals surface area contributed by atoms with E-state index in [2.05, 4.69) is 25.3 Å². The first-order valence-corrected chi connectivity index (χ1v) is 9.26. The number of aromatic nitrogens is 1. The highest BCUT2D eigenvalue weighted by molar-refractivity contribution is 14.0. The Labute approximate surface area is 190 Å². The molecule has 0 unspecified atom stereocenters. The van der Waals surface area contributed by atoms with Gasteiger partial charge in [-0.1, -0.05) is 0 Å². The number of methoxy groups -OCH3 is 1. The van der Waals surface area contributed by atoms with Crippen LogP contribution in [0.5, 0.6) is 11.5 Å². The molecule has 0 aliphatic carbocycles. The molecule has 2 N–H and O–H groups in total. The molecule has 0 fully saturated rings. The van der Waals surface area contributed by atoms with Crippen molar-refractivity contribution in [2.24, 2.45) is 4.99 Å². The molecule has 0 saturated heterocycles. The summed E-state index contributed by atoms with van der Waals surface area (Å²) < 4.78 is 72.7. The van der Waals surface area contributed by atoms with Crippen LogP contribution in [-0.2, 0) is 19.3 Å². The molecule has 30 heavy (non-hydrogen) atoms. The van der Waals surface area contributed by atoms with Crippen molar-refractivity contribution in [1.29, 1.82) is 0 Å². The zero-order chi connectivity index (χ0) is 21.4. The molecule has 0 aliphatic heterocycles. The zero-order valence-electron chi connectivity index (χ0n) is 15.9. The van der Waals surface area contributed by atoms with Crippen LogP contribution in [0.2, 0.25) is 0 Å². The molecule has 0 spiro atoms. The highest BCUT2D eigenvalue weighted by atomic mass is 127. The van der Waals surface area contributed by atoms with Crippen molar-refractivity contribution in [3.63, 3.8) is 0 Å². The van der Waals surface area contributed by atoms with Crippen LogP contribution in [-0.4, -0.2) is 31.2 Å². The normalized spacial score (nSPS) is 11.8. The van der Waals surface area contributed by atoms with Gasteiger partial charge in [-0.2, -0.15) is 22.0 Å². The number of nitrogens with one attached hydrogen (secondary N) is 2. The number of benzene rings is 1. The number of ether oxygens (including phenoxy) is 2. The van der Waals surface area contributed by atoms with Gasteiger partial charge in [0.05, 0.1) is 20.2 Å². The van der Waals surface area contributed by atoms with E-state index in [1.165, 1.54) is 25.3 Å². The average Bonchev–Trinajstić information content (AvgIpc) is 3.14. The van der Waals surface area contributed by atoms with Gasteiger partial charge in [0.1, 0.15) is 16.5 Å². The predicted octanol–water partition coefficient (Wildman–Crippen LogP) is 4.65. The van der Waals surface area contributed by atoms with E-state index in [1.807, 2.05) is 0 Å². The van der Waals surface area contributed by atoms with Crippen molar-refractivity contribution < 1.29 is 31.4 Å². The lowest BCUT2D eigenvalue weighted by molar-refractivity contribution is -0.140. The van der Waals surface area contributed by atoms with E-state index in [-0.39, 0.29) is 53.8 Å². The smallest absolute Gasteiger partial charge is 0.434 e. The Kier molecular flexibility index (Phi) is 10.5. The van der Waals surface area contributed by atoms with Crippen LogP contribution in [0.15, 0.2) is 28.6 Å². The van der Waals surface area contributed by atoms with Crippen LogP contribution in [0.1, 0.15) is 23.2 Å². The van der Waals surface area contributed by atoms with Crippen LogP contribution >= 0.6 is 35.3 Å². The second-order valence-corrected chi connectivity index (χ2v) is 6.47. The second-order valence-electron chi connectivity index (χ2n) is 5.53. The highest BCUT2D eigenvalue weighted by Gasteiger charge is 2.33. The molecule has 6 nitrogen and oxygen atoms in total. The molecule has 168 valence electrons. The Hall–Kier alpha value is -1.90. The lowest BCUT2D eigenvalue weighted by Crippen LogP contribution is -2.36. The predicted molar refractivity (Wildman–Crippen MR) is 114 cm³/mol. The Morgan fingerprint density at radius 3 is 2.57 bits per heavy atom. The summed E-state index contributed by atoms with van der Waals surface area (Å²) in [7, 11) is 1.44. The average molecular weight is 566 g/mol. The minimum atomic E-state index is -4.50. The maximum absolute atomic E-state index is 12.6. The number of hydrogen-bond donors (Lipinski definition) is 2. The van der Waals surface area contributed by atoms with Gasteiger partial charge in [0.25, 0.3) is 0 Å². The SMILES string of the molecule is CCNC(=NCc1cc(OC)ccc1OC(F)F)NCc1nc(C(F)(F)F)cs1.I. The largest absolute Gasteiger partial charge is 0.497 e. The maximum Gasteiger partial charge on any atom is 0.434 e. The molecule has 2 aromatic rings. The fraction of sp³-hybridized carbons (Fsp3) is 0.412. The molecule has 0 saturated carbocycles. The number of rotatable bonds is 8. The molecule has 13 heteroatoms. The highest BCUT2D eigenvalue weighted by Crippen LogP contribution is 2.30. The van der Waals surface area contributed by atoms with Gasteiger partial charge in [0, 0.05) is 17.5 Å². The quantitative estimate of drug-likeness (QED) is 0.211. The fourth-order valence-electron chi connectivity index (χ4n) is 2.20. The number of halogens is 6. The second kappa shape index (κ2) is 12.1. The molecule has 0 bridgehead atoms. The first kappa shape index (κ1) is 26.1. The summed E-state index contributed by atoms with van der Waals surface area (Å²) in [4.78, 5) is 7.80. The van der Waals surface area contributed by atoms with E-state index in [0.717, 1.165) is 16.7 Å². The summed E-state index contributed by atoms with van der Waals surface area (Å²) in [5.74, 6) is 0.675. The zero-order valence-corrected chi connectivity index (χ0v) is 19.1. The number of guanidine groups is 1. The maximum atomic E-state index is 12.6. The summed E-state index contributed by atoms with van der Waals surface area (Å²) in [5.41, 5.74) is -0.595. The van der Waals surface area contributed by atoms with Crippen LogP contribution in [0.4, 0.5) is 22.0 Å². The van der Waals surface area contributed by atoms with Gasteiger partial charge < -0.3 is 20.1 Å². The third-order valence-corrected chi connectivity index (χ3v) is 4.33. The van der Waals surface area contributed by atoms with E-state index in [1.54, 1.807) is 6.92 Å². The number of nitrogens with zero attached hydrogens (tertiary/aromatic N) is 2. The minimum Gasteiger partial charge on any atom is -0.497 e. The summed E-state index contributed by atoms with van der Waals surface area (Å²) in [6.45, 7) is -0.717. The van der Waals surface area contributed by atoms with Crippen molar-refractivity contribution in [3.8, 4) is 11.5 Å². The van der Waals surface area contributed by atoms with E-state index in [0.29, 0.717) is 17.9 Å². The van der Waals surface area contributed by atoms with Crippen LogP contribution in [0.3, 0.4) is 0 Å². The molecule has 1 heterocycles. The van der Waals surface area contributed by atoms with Crippen molar-refractivity contribution in [3.05, 3.63) is 39.8 Å².